The molecule has 0 saturated carbocycles. The van der Waals surface area contributed by atoms with Crippen LogP contribution in [-0.4, -0.2) is 53.6 Å². The van der Waals surface area contributed by atoms with Crippen LogP contribution < -0.4 is 5.32 Å². The molecule has 1 aliphatic heterocycles. The summed E-state index contributed by atoms with van der Waals surface area (Å²) in [5, 5.41) is 2.82. The van der Waals surface area contributed by atoms with E-state index in [9.17, 15) is 19.2 Å². The number of hydrogen-bond donors (Lipinski definition) is 1. The number of para-hydroxylation sites is 1. The predicted octanol–water partition coefficient (Wildman–Crippen LogP) is 2.33. The van der Waals surface area contributed by atoms with Crippen LogP contribution in [0.15, 0.2) is 48.5 Å². The molecule has 0 spiro atoms. The Kier molecular flexibility index (Phi) is 6.07. The molecule has 2 aromatic carbocycles. The smallest absolute Gasteiger partial charge is 0.261 e. The van der Waals surface area contributed by atoms with Crippen molar-refractivity contribution in [2.24, 2.45) is 0 Å². The molecule has 2 aromatic rings. The lowest BCUT2D eigenvalue weighted by molar-refractivity contribution is -0.133. The number of imide groups is 1. The maximum absolute atomic E-state index is 12.4. The predicted molar refractivity (Wildman–Crippen MR) is 109 cm³/mol. The Balaban J connectivity index is 1.53. The summed E-state index contributed by atoms with van der Waals surface area (Å²) in [6.45, 7) is 1.87. The summed E-state index contributed by atoms with van der Waals surface area (Å²) in [7, 11) is 1.52. The van der Waals surface area contributed by atoms with E-state index in [1.165, 1.54) is 11.9 Å². The number of benzene rings is 2. The average molecular weight is 393 g/mol. The van der Waals surface area contributed by atoms with Gasteiger partial charge in [-0.05, 0) is 30.2 Å². The number of rotatable bonds is 7. The van der Waals surface area contributed by atoms with Crippen LogP contribution in [0.1, 0.15) is 39.6 Å². The molecule has 29 heavy (non-hydrogen) atoms. The number of anilines is 1. The Bertz CT molecular complexity index is 935. The van der Waals surface area contributed by atoms with Crippen molar-refractivity contribution in [3.05, 3.63) is 65.2 Å². The number of likely N-dealkylation sites (N-methyl/N-ethyl adjacent to an activating group) is 1. The Morgan fingerprint density at radius 1 is 0.966 bits per heavy atom. The van der Waals surface area contributed by atoms with E-state index in [0.29, 0.717) is 11.1 Å². The molecule has 0 aliphatic carbocycles. The van der Waals surface area contributed by atoms with Crippen LogP contribution in [0.25, 0.3) is 0 Å². The number of amides is 4. The first-order chi connectivity index (χ1) is 13.9. The maximum atomic E-state index is 12.4. The van der Waals surface area contributed by atoms with Crippen LogP contribution in [-0.2, 0) is 16.0 Å². The SMILES string of the molecule is CCc1ccccc1NC(=O)CN(C)C(=O)CCN1C(=O)c2ccccc2C1=O. The molecule has 0 saturated heterocycles. The fourth-order valence-corrected chi connectivity index (χ4v) is 3.28. The van der Waals surface area contributed by atoms with Gasteiger partial charge in [0, 0.05) is 25.7 Å². The lowest BCUT2D eigenvalue weighted by Crippen LogP contribution is -2.38. The highest BCUT2D eigenvalue weighted by Gasteiger charge is 2.35. The monoisotopic (exact) mass is 393 g/mol. The van der Waals surface area contributed by atoms with Crippen molar-refractivity contribution in [3.8, 4) is 0 Å². The van der Waals surface area contributed by atoms with Gasteiger partial charge in [-0.15, -0.1) is 0 Å². The molecule has 1 aliphatic rings. The molecule has 0 atom stereocenters. The van der Waals surface area contributed by atoms with Gasteiger partial charge in [-0.3, -0.25) is 24.1 Å². The summed E-state index contributed by atoms with van der Waals surface area (Å²) in [4.78, 5) is 51.7. The summed E-state index contributed by atoms with van der Waals surface area (Å²) in [5.41, 5.74) is 2.45. The second-order valence-corrected chi connectivity index (χ2v) is 6.87. The maximum Gasteiger partial charge on any atom is 0.261 e. The van der Waals surface area contributed by atoms with Crippen molar-refractivity contribution < 1.29 is 19.2 Å². The lowest BCUT2D eigenvalue weighted by atomic mass is 10.1. The first-order valence-corrected chi connectivity index (χ1v) is 9.49. The van der Waals surface area contributed by atoms with Gasteiger partial charge in [0.15, 0.2) is 0 Å². The standard InChI is InChI=1S/C22H23N3O4/c1-3-15-8-4-7-11-18(15)23-19(26)14-24(2)20(27)12-13-25-21(28)16-9-5-6-10-17(16)22(25)29/h4-11H,3,12-14H2,1-2H3,(H,23,26). The molecule has 0 fully saturated rings. The second-order valence-electron chi connectivity index (χ2n) is 6.87. The molecule has 7 heteroatoms. The van der Waals surface area contributed by atoms with Gasteiger partial charge in [0.05, 0.1) is 17.7 Å². The van der Waals surface area contributed by atoms with E-state index < -0.39 is 11.8 Å². The summed E-state index contributed by atoms with van der Waals surface area (Å²) >= 11 is 0. The number of hydrogen-bond acceptors (Lipinski definition) is 4. The molecule has 0 bridgehead atoms. The van der Waals surface area contributed by atoms with E-state index in [2.05, 4.69) is 5.32 Å². The third-order valence-electron chi connectivity index (χ3n) is 4.91. The molecule has 0 aromatic heterocycles. The van der Waals surface area contributed by atoms with Crippen molar-refractivity contribution in [1.82, 2.24) is 9.80 Å². The third-order valence-corrected chi connectivity index (χ3v) is 4.91. The molecule has 1 heterocycles. The van der Waals surface area contributed by atoms with Crippen LogP contribution in [0.3, 0.4) is 0 Å². The third kappa shape index (κ3) is 4.34. The Morgan fingerprint density at radius 3 is 2.17 bits per heavy atom. The number of nitrogens with one attached hydrogen (secondary N) is 1. The lowest BCUT2D eigenvalue weighted by Gasteiger charge is -2.19. The minimum absolute atomic E-state index is 0.0180. The van der Waals surface area contributed by atoms with Crippen molar-refractivity contribution in [3.63, 3.8) is 0 Å². The largest absolute Gasteiger partial charge is 0.336 e. The fraction of sp³-hybridized carbons (Fsp3) is 0.273. The quantitative estimate of drug-likeness (QED) is 0.732. The van der Waals surface area contributed by atoms with Gasteiger partial charge in [0.25, 0.3) is 11.8 Å². The van der Waals surface area contributed by atoms with Gasteiger partial charge in [-0.1, -0.05) is 37.3 Å². The first-order valence-electron chi connectivity index (χ1n) is 9.49. The number of carbonyl (C=O) groups is 4. The Hall–Kier alpha value is -3.48. The zero-order valence-corrected chi connectivity index (χ0v) is 16.5. The van der Waals surface area contributed by atoms with Gasteiger partial charge in [-0.25, -0.2) is 0 Å². The van der Waals surface area contributed by atoms with E-state index in [0.717, 1.165) is 22.6 Å². The molecular formula is C22H23N3O4. The number of nitrogens with zero attached hydrogens (tertiary/aromatic N) is 2. The summed E-state index contributed by atoms with van der Waals surface area (Å²) in [6.07, 6.45) is 0.742. The first kappa shape index (κ1) is 20.3. The highest BCUT2D eigenvalue weighted by atomic mass is 16.2. The van der Waals surface area contributed by atoms with Crippen molar-refractivity contribution in [2.45, 2.75) is 19.8 Å². The van der Waals surface area contributed by atoms with Gasteiger partial charge in [0.2, 0.25) is 11.8 Å². The van der Waals surface area contributed by atoms with Gasteiger partial charge in [-0.2, -0.15) is 0 Å². The normalized spacial score (nSPS) is 12.7. The van der Waals surface area contributed by atoms with Crippen LogP contribution in [0, 0.1) is 0 Å². The summed E-state index contributed by atoms with van der Waals surface area (Å²) < 4.78 is 0. The molecule has 4 amide bonds. The Morgan fingerprint density at radius 2 is 1.55 bits per heavy atom. The minimum Gasteiger partial charge on any atom is -0.336 e. The van der Waals surface area contributed by atoms with E-state index in [4.69, 9.17) is 0 Å². The Labute approximate surface area is 169 Å². The van der Waals surface area contributed by atoms with Gasteiger partial charge in [0.1, 0.15) is 0 Å². The summed E-state index contributed by atoms with van der Waals surface area (Å²) in [5.74, 6) is -1.41. The molecule has 7 nitrogen and oxygen atoms in total. The van der Waals surface area contributed by atoms with Gasteiger partial charge < -0.3 is 10.2 Å². The number of fused-ring (bicyclic) bond motifs is 1. The minimum atomic E-state index is -0.394. The molecular weight excluding hydrogens is 370 g/mol. The molecule has 0 radical (unpaired) electrons. The van der Waals surface area contributed by atoms with E-state index in [1.54, 1.807) is 24.3 Å². The van der Waals surface area contributed by atoms with Crippen LogP contribution >= 0.6 is 0 Å². The molecule has 1 N–H and O–H groups in total. The van der Waals surface area contributed by atoms with Crippen LogP contribution in [0.4, 0.5) is 5.69 Å². The molecule has 3 rings (SSSR count). The topological polar surface area (TPSA) is 86.8 Å². The van der Waals surface area contributed by atoms with Crippen LogP contribution in [0.5, 0.6) is 0 Å². The fourth-order valence-electron chi connectivity index (χ4n) is 3.28. The number of carbonyl (C=O) groups excluding carboxylic acids is 4. The van der Waals surface area contributed by atoms with Gasteiger partial charge >= 0.3 is 0 Å². The van der Waals surface area contributed by atoms with Crippen molar-refractivity contribution in [2.75, 3.05) is 25.5 Å². The van der Waals surface area contributed by atoms with Crippen LogP contribution in [0.2, 0.25) is 0 Å². The molecule has 0 unspecified atom stereocenters. The highest BCUT2D eigenvalue weighted by molar-refractivity contribution is 6.21. The second kappa shape index (κ2) is 8.68. The zero-order valence-electron chi connectivity index (χ0n) is 16.5. The summed E-state index contributed by atoms with van der Waals surface area (Å²) in [6, 6.07) is 14.1. The van der Waals surface area contributed by atoms with E-state index >= 15 is 0 Å². The highest BCUT2D eigenvalue weighted by Crippen LogP contribution is 2.22. The van der Waals surface area contributed by atoms with Crippen molar-refractivity contribution >= 4 is 29.3 Å². The van der Waals surface area contributed by atoms with E-state index in [-0.39, 0.29) is 31.3 Å². The van der Waals surface area contributed by atoms with Crippen molar-refractivity contribution in [1.29, 1.82) is 0 Å². The van der Waals surface area contributed by atoms with E-state index in [1.807, 2.05) is 31.2 Å². The average Bonchev–Trinajstić information content (AvgIpc) is 2.97. The number of aryl methyl sites for hydroxylation is 1. The zero-order chi connectivity index (χ0) is 21.0. The molecule has 150 valence electrons.